The molecule has 1 aliphatic heterocycles. The fraction of sp³-hybridized carbons (Fsp3) is 0.412. The molecule has 1 saturated heterocycles. The lowest BCUT2D eigenvalue weighted by Gasteiger charge is -2.35. The number of hydrogen-bond donors (Lipinski definition) is 1. The first-order valence-electron chi connectivity index (χ1n) is 7.86. The van der Waals surface area contributed by atoms with Gasteiger partial charge in [0.05, 0.1) is 10.7 Å². The van der Waals surface area contributed by atoms with Crippen LogP contribution in [0.1, 0.15) is 22.3 Å². The van der Waals surface area contributed by atoms with Gasteiger partial charge in [-0.1, -0.05) is 30.3 Å². The third-order valence-electron chi connectivity index (χ3n) is 4.16. The Morgan fingerprint density at radius 2 is 1.96 bits per heavy atom. The van der Waals surface area contributed by atoms with Crippen molar-refractivity contribution in [3.8, 4) is 0 Å². The standard InChI is InChI=1S/C17H22N4OS/c1-13-19-15(12-23-13)11-20-7-9-21(10-8-20)17(22)16(18)14-5-3-2-4-6-14/h2-6,12,16H,7-11,18H2,1H3. The van der Waals surface area contributed by atoms with Crippen LogP contribution in [0, 0.1) is 6.92 Å². The smallest absolute Gasteiger partial charge is 0.244 e. The Morgan fingerprint density at radius 1 is 1.26 bits per heavy atom. The van der Waals surface area contributed by atoms with Crippen molar-refractivity contribution in [1.82, 2.24) is 14.8 Å². The van der Waals surface area contributed by atoms with E-state index < -0.39 is 6.04 Å². The van der Waals surface area contributed by atoms with Gasteiger partial charge in [-0.05, 0) is 12.5 Å². The second-order valence-electron chi connectivity index (χ2n) is 5.85. The highest BCUT2D eigenvalue weighted by Gasteiger charge is 2.26. The van der Waals surface area contributed by atoms with Crippen molar-refractivity contribution in [2.45, 2.75) is 19.5 Å². The van der Waals surface area contributed by atoms with Crippen molar-refractivity contribution in [1.29, 1.82) is 0 Å². The van der Waals surface area contributed by atoms with Gasteiger partial charge in [-0.25, -0.2) is 4.98 Å². The van der Waals surface area contributed by atoms with Crippen LogP contribution in [0.5, 0.6) is 0 Å². The quantitative estimate of drug-likeness (QED) is 0.928. The predicted molar refractivity (Wildman–Crippen MR) is 92.1 cm³/mol. The highest BCUT2D eigenvalue weighted by molar-refractivity contribution is 7.09. The summed E-state index contributed by atoms with van der Waals surface area (Å²) in [7, 11) is 0. The number of aryl methyl sites for hydroxylation is 1. The zero-order valence-electron chi connectivity index (χ0n) is 13.3. The maximum absolute atomic E-state index is 12.5. The fourth-order valence-electron chi connectivity index (χ4n) is 2.84. The minimum absolute atomic E-state index is 0.0142. The van der Waals surface area contributed by atoms with Gasteiger partial charge in [0.2, 0.25) is 5.91 Å². The van der Waals surface area contributed by atoms with Gasteiger partial charge in [0.25, 0.3) is 0 Å². The Hall–Kier alpha value is -1.76. The largest absolute Gasteiger partial charge is 0.338 e. The van der Waals surface area contributed by atoms with E-state index in [2.05, 4.69) is 15.3 Å². The van der Waals surface area contributed by atoms with Crippen LogP contribution in [0.3, 0.4) is 0 Å². The summed E-state index contributed by atoms with van der Waals surface area (Å²) >= 11 is 1.68. The van der Waals surface area contributed by atoms with Crippen molar-refractivity contribution >= 4 is 17.2 Å². The number of piperazine rings is 1. The summed E-state index contributed by atoms with van der Waals surface area (Å²) in [5, 5.41) is 3.21. The lowest BCUT2D eigenvalue weighted by Crippen LogP contribution is -2.50. The lowest BCUT2D eigenvalue weighted by molar-refractivity contribution is -0.134. The van der Waals surface area contributed by atoms with Gasteiger partial charge in [0, 0.05) is 38.1 Å². The molecule has 0 saturated carbocycles. The van der Waals surface area contributed by atoms with E-state index >= 15 is 0 Å². The van der Waals surface area contributed by atoms with Crippen LogP contribution in [0.4, 0.5) is 0 Å². The molecule has 5 nitrogen and oxygen atoms in total. The van der Waals surface area contributed by atoms with Crippen molar-refractivity contribution in [3.63, 3.8) is 0 Å². The van der Waals surface area contributed by atoms with Gasteiger partial charge in [-0.3, -0.25) is 9.69 Å². The van der Waals surface area contributed by atoms with Crippen LogP contribution >= 0.6 is 11.3 Å². The van der Waals surface area contributed by atoms with E-state index in [4.69, 9.17) is 5.73 Å². The molecule has 0 bridgehead atoms. The first-order valence-corrected chi connectivity index (χ1v) is 8.74. The van der Waals surface area contributed by atoms with Crippen LogP contribution in [-0.2, 0) is 11.3 Å². The van der Waals surface area contributed by atoms with E-state index in [0.29, 0.717) is 0 Å². The fourth-order valence-corrected chi connectivity index (χ4v) is 3.44. The first kappa shape index (κ1) is 16.1. The average Bonchev–Trinajstić information content (AvgIpc) is 3.00. The zero-order valence-corrected chi connectivity index (χ0v) is 14.1. The SMILES string of the molecule is Cc1nc(CN2CCN(C(=O)C(N)c3ccccc3)CC2)cs1. The summed E-state index contributed by atoms with van der Waals surface area (Å²) < 4.78 is 0. The molecule has 2 aromatic rings. The number of rotatable bonds is 4. The second-order valence-corrected chi connectivity index (χ2v) is 6.91. The van der Waals surface area contributed by atoms with Crippen LogP contribution < -0.4 is 5.73 Å². The average molecular weight is 330 g/mol. The highest BCUT2D eigenvalue weighted by Crippen LogP contribution is 2.16. The molecule has 1 aliphatic rings. The predicted octanol–water partition coefficient (Wildman–Crippen LogP) is 1.80. The van der Waals surface area contributed by atoms with Gasteiger partial charge in [0.1, 0.15) is 6.04 Å². The molecule has 1 aromatic carbocycles. The lowest BCUT2D eigenvalue weighted by atomic mass is 10.1. The molecule has 2 N–H and O–H groups in total. The summed E-state index contributed by atoms with van der Waals surface area (Å²) in [6.07, 6.45) is 0. The summed E-state index contributed by atoms with van der Waals surface area (Å²) in [6, 6.07) is 9.00. The molecular formula is C17H22N4OS. The Bertz CT molecular complexity index is 650. The Morgan fingerprint density at radius 3 is 2.57 bits per heavy atom. The number of hydrogen-bond acceptors (Lipinski definition) is 5. The molecule has 1 unspecified atom stereocenters. The second kappa shape index (κ2) is 7.21. The van der Waals surface area contributed by atoms with Crippen LogP contribution in [0.15, 0.2) is 35.7 Å². The van der Waals surface area contributed by atoms with E-state index in [1.165, 1.54) is 0 Å². The molecule has 23 heavy (non-hydrogen) atoms. The molecule has 1 fully saturated rings. The minimum Gasteiger partial charge on any atom is -0.338 e. The number of aromatic nitrogens is 1. The summed E-state index contributed by atoms with van der Waals surface area (Å²) in [4.78, 5) is 21.3. The van der Waals surface area contributed by atoms with Crippen LogP contribution in [0.25, 0.3) is 0 Å². The molecule has 122 valence electrons. The van der Waals surface area contributed by atoms with Gasteiger partial charge in [-0.2, -0.15) is 0 Å². The van der Waals surface area contributed by atoms with Crippen molar-refractivity contribution in [2.75, 3.05) is 26.2 Å². The third-order valence-corrected chi connectivity index (χ3v) is 4.98. The van der Waals surface area contributed by atoms with Crippen molar-refractivity contribution < 1.29 is 4.79 Å². The number of amides is 1. The minimum atomic E-state index is -0.566. The number of benzene rings is 1. The van der Waals surface area contributed by atoms with Crippen molar-refractivity contribution in [2.24, 2.45) is 5.73 Å². The monoisotopic (exact) mass is 330 g/mol. The molecule has 2 heterocycles. The number of carbonyl (C=O) groups is 1. The summed E-state index contributed by atoms with van der Waals surface area (Å²) in [6.45, 7) is 6.06. The van der Waals surface area contributed by atoms with Gasteiger partial charge in [0.15, 0.2) is 0 Å². The Labute approximate surface area is 140 Å². The molecule has 3 rings (SSSR count). The van der Waals surface area contributed by atoms with E-state index in [1.54, 1.807) is 11.3 Å². The molecule has 6 heteroatoms. The normalized spacial score (nSPS) is 17.2. The molecule has 0 spiro atoms. The first-order chi connectivity index (χ1) is 11.1. The summed E-state index contributed by atoms with van der Waals surface area (Å²) in [5.74, 6) is 0.0142. The zero-order chi connectivity index (χ0) is 16.2. The third kappa shape index (κ3) is 3.96. The number of thiazole rings is 1. The van der Waals surface area contributed by atoms with E-state index in [0.717, 1.165) is 49.0 Å². The molecule has 1 amide bonds. The van der Waals surface area contributed by atoms with Crippen molar-refractivity contribution in [3.05, 3.63) is 52.0 Å². The maximum Gasteiger partial charge on any atom is 0.244 e. The molecule has 1 atom stereocenters. The number of carbonyl (C=O) groups excluding carboxylic acids is 1. The van der Waals surface area contributed by atoms with E-state index in [1.807, 2.05) is 42.2 Å². The molecule has 0 radical (unpaired) electrons. The van der Waals surface area contributed by atoms with Gasteiger partial charge in [-0.15, -0.1) is 11.3 Å². The van der Waals surface area contributed by atoms with E-state index in [-0.39, 0.29) is 5.91 Å². The van der Waals surface area contributed by atoms with E-state index in [9.17, 15) is 4.79 Å². The Kier molecular flexibility index (Phi) is 5.05. The number of nitrogens with two attached hydrogens (primary N) is 1. The number of nitrogens with zero attached hydrogens (tertiary/aromatic N) is 3. The molecule has 0 aliphatic carbocycles. The van der Waals surface area contributed by atoms with Crippen LogP contribution in [0.2, 0.25) is 0 Å². The summed E-state index contributed by atoms with van der Waals surface area (Å²) in [5.41, 5.74) is 8.11. The van der Waals surface area contributed by atoms with Gasteiger partial charge < -0.3 is 10.6 Å². The highest BCUT2D eigenvalue weighted by atomic mass is 32.1. The molecular weight excluding hydrogens is 308 g/mol. The van der Waals surface area contributed by atoms with Crippen LogP contribution in [-0.4, -0.2) is 46.9 Å². The topological polar surface area (TPSA) is 62.5 Å². The van der Waals surface area contributed by atoms with Gasteiger partial charge >= 0.3 is 0 Å². The Balaban J connectivity index is 1.53. The molecule has 1 aromatic heterocycles. The maximum atomic E-state index is 12.5.